The van der Waals surface area contributed by atoms with Crippen LogP contribution in [0.15, 0.2) is 103 Å². The number of rotatable bonds is 21. The Labute approximate surface area is 664 Å². The maximum atomic E-state index is 14.1. The van der Waals surface area contributed by atoms with Gasteiger partial charge in [0.1, 0.15) is 36.3 Å². The molecule has 25 nitrogen and oxygen atoms in total. The first-order valence-corrected chi connectivity index (χ1v) is 30.1. The summed E-state index contributed by atoms with van der Waals surface area (Å²) in [6, 6.07) is 28.1. The van der Waals surface area contributed by atoms with E-state index in [4.69, 9.17) is 93.0 Å². The van der Waals surface area contributed by atoms with E-state index in [9.17, 15) is 46.7 Å². The third-order valence-corrected chi connectivity index (χ3v) is 14.9. The number of hydrogen-bond acceptors (Lipinski definition) is 17. The summed E-state index contributed by atoms with van der Waals surface area (Å²) in [4.78, 5) is 94.6. The zero-order valence-corrected chi connectivity index (χ0v) is 61.0. The van der Waals surface area contributed by atoms with Crippen LogP contribution in [-0.2, 0) is 80.5 Å². The van der Waals surface area contributed by atoms with E-state index in [1.54, 1.807) is 78.9 Å². The molecule has 0 saturated carbocycles. The van der Waals surface area contributed by atoms with Crippen LogP contribution in [0.3, 0.4) is 0 Å². The van der Waals surface area contributed by atoms with E-state index >= 15 is 0 Å². The van der Waals surface area contributed by atoms with Crippen LogP contribution in [0.25, 0.3) is 21.8 Å². The fraction of sp³-hybridized carbons (Fsp3) is 0.365. The zero-order chi connectivity index (χ0) is 68.0. The average molecular weight is 1490 g/mol. The van der Waals surface area contributed by atoms with Crippen molar-refractivity contribution in [2.45, 2.75) is 91.3 Å². The number of halogens is 7. The number of nitrogens with zero attached hydrogens (tertiary/aromatic N) is 5. The molecule has 3 aliphatic rings. The molecule has 5 heterocycles. The van der Waals surface area contributed by atoms with Crippen LogP contribution in [-0.4, -0.2) is 154 Å². The van der Waals surface area contributed by atoms with Crippen LogP contribution >= 0.6 is 46.4 Å². The average Bonchev–Trinajstić information content (AvgIpc) is 1.65. The summed E-state index contributed by atoms with van der Waals surface area (Å²) in [6.45, 7) is 3.12. The van der Waals surface area contributed by atoms with Crippen LogP contribution in [0.2, 0.25) is 15.1 Å². The SMILES string of the molecule is C.C.NC(=O)c1nn(CC(=O)N(CC(=O)NCc2cccc(Cl)c2F)C2CCOC2)c2ccccc12.NC(=O)c1nn(CC(=O)O)c2ccccc12.N[C@@H]1CCOC1.O=C(CCl)CCc1cccc(Cl)c1F.O=C(CN[C@@H]1CCOC1)NCc1cccc(Cl)c1F.O=CO[O-].[H-].[K+].[K+]. The van der Waals surface area contributed by atoms with Gasteiger partial charge in [0.15, 0.2) is 11.4 Å². The first kappa shape index (κ1) is 90.0. The second kappa shape index (κ2) is 47.9. The number of aliphatic carboxylic acids is 1. The number of nitrogens with two attached hydrogens (primary N) is 3. The number of carbonyl (C=O) groups excluding carboxylic acids is 7. The Balaban J connectivity index is 0.00000126. The monoisotopic (exact) mass is 1490 g/mol. The number of Topliss-reactive ketones (excluding diaryl/α,β-unsaturated/α-hetero) is 1. The molecule has 3 saturated heterocycles. The summed E-state index contributed by atoms with van der Waals surface area (Å²) in [7, 11) is 0. The van der Waals surface area contributed by atoms with Crippen LogP contribution in [0.1, 0.15) is 79.6 Å². The summed E-state index contributed by atoms with van der Waals surface area (Å²) < 4.78 is 59.1. The normalized spacial score (nSPS) is 14.6. The predicted octanol–water partition coefficient (Wildman–Crippen LogP) is 0.336. The van der Waals surface area contributed by atoms with Gasteiger partial charge in [-0.2, -0.15) is 10.2 Å². The van der Waals surface area contributed by atoms with E-state index in [0.717, 1.165) is 32.7 Å². The van der Waals surface area contributed by atoms with Gasteiger partial charge in [0.2, 0.25) is 17.7 Å². The van der Waals surface area contributed by atoms with Crippen molar-refractivity contribution in [1.29, 1.82) is 0 Å². The van der Waals surface area contributed by atoms with Gasteiger partial charge in [0, 0.05) is 73.3 Å². The molecule has 518 valence electrons. The van der Waals surface area contributed by atoms with Crippen LogP contribution < -0.4 is 141 Å². The van der Waals surface area contributed by atoms with Gasteiger partial charge in [0.05, 0.1) is 70.9 Å². The number of nitrogens with one attached hydrogen (secondary N) is 3. The maximum Gasteiger partial charge on any atom is 1.00 e. The van der Waals surface area contributed by atoms with Crippen LogP contribution in [0.5, 0.6) is 0 Å². The van der Waals surface area contributed by atoms with Crippen LogP contribution in [0, 0.1) is 17.5 Å². The molecule has 3 aliphatic heterocycles. The molecule has 0 spiro atoms. The Morgan fingerprint density at radius 1 is 0.670 bits per heavy atom. The number of benzene rings is 5. The number of para-hydroxylation sites is 2. The van der Waals surface area contributed by atoms with Crippen molar-refractivity contribution in [3.8, 4) is 0 Å². The topological polar surface area (TPSA) is 370 Å². The van der Waals surface area contributed by atoms with E-state index in [1.807, 2.05) is 0 Å². The molecule has 3 atom stereocenters. The van der Waals surface area contributed by atoms with Gasteiger partial charge in [-0.3, -0.25) is 47.7 Å². The Bertz CT molecular complexity index is 3690. The number of hydrogen-bond donors (Lipinski definition) is 7. The third kappa shape index (κ3) is 30.0. The molecular weight excluding hydrogens is 1410 g/mol. The molecule has 0 radical (unpaired) electrons. The number of ether oxygens (including phenoxy) is 3. The summed E-state index contributed by atoms with van der Waals surface area (Å²) >= 11 is 22.3. The van der Waals surface area contributed by atoms with E-state index in [-0.39, 0.29) is 239 Å². The first-order chi connectivity index (χ1) is 44.6. The molecule has 5 amide bonds. The Morgan fingerprint density at radius 3 is 1.55 bits per heavy atom. The second-order valence-corrected chi connectivity index (χ2v) is 21.8. The molecule has 10 N–H and O–H groups in total. The zero-order valence-electron chi connectivity index (χ0n) is 52.7. The Hall–Kier alpha value is -5.02. The number of fused-ring (bicyclic) bond motifs is 2. The van der Waals surface area contributed by atoms with Crippen molar-refractivity contribution in [1.82, 2.24) is 40.4 Å². The molecule has 7 aromatic rings. The number of alkyl halides is 1. The molecule has 3 fully saturated rings. The van der Waals surface area contributed by atoms with Crippen molar-refractivity contribution < 1.29 is 185 Å². The van der Waals surface area contributed by atoms with E-state index < -0.39 is 41.1 Å². The van der Waals surface area contributed by atoms with E-state index in [1.165, 1.54) is 38.5 Å². The quantitative estimate of drug-likeness (QED) is 0.0168. The number of amides is 5. The number of aryl methyl sites for hydroxylation is 1. The van der Waals surface area contributed by atoms with Gasteiger partial charge < -0.3 is 68.9 Å². The number of carbonyl (C=O) groups is 8. The Kier molecular flexibility index (Phi) is 44.5. The number of ketones is 1. The summed E-state index contributed by atoms with van der Waals surface area (Å²) in [6.07, 6.45) is 3.13. The predicted molar refractivity (Wildman–Crippen MR) is 349 cm³/mol. The largest absolute Gasteiger partial charge is 1.00 e. The second-order valence-electron chi connectivity index (χ2n) is 20.3. The molecule has 1 unspecified atom stereocenters. The van der Waals surface area contributed by atoms with Gasteiger partial charge in [-0.25, -0.2) is 13.2 Å². The number of aromatic nitrogens is 4. The molecule has 10 rings (SSSR count). The Morgan fingerprint density at radius 2 is 1.12 bits per heavy atom. The van der Waals surface area contributed by atoms with E-state index in [2.05, 4.69) is 31.0 Å². The first-order valence-electron chi connectivity index (χ1n) is 28.4. The van der Waals surface area contributed by atoms with Gasteiger partial charge in [-0.05, 0) is 61.6 Å². The van der Waals surface area contributed by atoms with E-state index in [0.29, 0.717) is 71.6 Å². The van der Waals surface area contributed by atoms with Gasteiger partial charge in [0.25, 0.3) is 18.3 Å². The summed E-state index contributed by atoms with van der Waals surface area (Å²) in [5, 5.41) is 34.8. The number of carboxylic acids is 1. The molecule has 0 bridgehead atoms. The molecule has 97 heavy (non-hydrogen) atoms. The third-order valence-electron chi connectivity index (χ3n) is 13.7. The smallest absolute Gasteiger partial charge is 1.00 e. The minimum Gasteiger partial charge on any atom is -1.00 e. The van der Waals surface area contributed by atoms with Crippen molar-refractivity contribution in [3.05, 3.63) is 164 Å². The van der Waals surface area contributed by atoms with Gasteiger partial charge in [-0.1, -0.05) is 122 Å². The van der Waals surface area contributed by atoms with Gasteiger partial charge in [-0.15, -0.1) is 11.6 Å². The van der Waals surface area contributed by atoms with Gasteiger partial charge >= 0.3 is 109 Å². The van der Waals surface area contributed by atoms with Crippen molar-refractivity contribution in [3.63, 3.8) is 0 Å². The van der Waals surface area contributed by atoms with Crippen molar-refractivity contribution in [2.24, 2.45) is 17.2 Å². The van der Waals surface area contributed by atoms with Crippen LogP contribution in [0.4, 0.5) is 13.2 Å². The number of primary amides is 2. The molecule has 34 heteroatoms. The van der Waals surface area contributed by atoms with Crippen molar-refractivity contribution >= 4 is 116 Å². The minimum atomic E-state index is -1.02. The maximum absolute atomic E-state index is 14.1. The summed E-state index contributed by atoms with van der Waals surface area (Å²) in [5.74, 6) is -5.04. The summed E-state index contributed by atoms with van der Waals surface area (Å²) in [5.41, 5.74) is 18.4. The molecule has 5 aromatic carbocycles. The number of carboxylic acid groups (broad SMARTS) is 1. The standard InChI is InChI=1S/C23H23ClFN5O4.C13H16ClFN2O2.C10H9Cl2FO.C10H9N3O3.C4H9NO.CH2O3.2CH4.2K.H/c24-17-6-3-4-14(21(17)25)10-27-19(31)11-29(15-8-9-34-13-15)20(32)12-30-18-7-2-1-5-16(18)22(28-30)23(26)33;14-11-3-1-2-9(13(11)15)6-17-12(18)7-16-10-4-5-19-8-10;11-6-8(14)5-4-7-2-1-3-9(12)10(7)13;11-10(16)9-6-3-1-2-4-7(6)13(12-9)5-8(14)15;5-4-1-2-6-3-4;2-1-4-3;;;;;/h1-7,15H,8-13H2,(H2,26,33)(H,27,31);1-3,10,16H,4-8H2,(H,17,18);1-3H,4-6H2;1-4H,5H2,(H2,11,16)(H,14,15);4H,1-3,5H2;1,3H;2*1H4;;;/q;;;;;;;;2*+1;-1/p-1/t;10-;;;4-;;;;;;/m.1..1....../s1. The molecule has 2 aromatic heterocycles. The molecular formula is C63H76Cl4F3K2N11O14. The fourth-order valence-electron chi connectivity index (χ4n) is 8.99. The fourth-order valence-corrected chi connectivity index (χ4v) is 9.71. The minimum absolute atomic E-state index is 0. The molecule has 0 aliphatic carbocycles. The van der Waals surface area contributed by atoms with Crippen molar-refractivity contribution in [2.75, 3.05) is 58.6 Å².